The number of hydrogen-bond donors (Lipinski definition) is 0. The van der Waals surface area contributed by atoms with Crippen molar-refractivity contribution >= 4 is 12.2 Å². The molecule has 0 aliphatic carbocycles. The van der Waals surface area contributed by atoms with Crippen LogP contribution in [0.1, 0.15) is 33.6 Å². The van der Waals surface area contributed by atoms with Crippen molar-refractivity contribution in [3.63, 3.8) is 0 Å². The van der Waals surface area contributed by atoms with E-state index in [1.54, 1.807) is 24.3 Å². The molecule has 0 saturated carbocycles. The van der Waals surface area contributed by atoms with Crippen molar-refractivity contribution in [1.29, 1.82) is 10.5 Å². The summed E-state index contributed by atoms with van der Waals surface area (Å²) in [5.41, 5.74) is 8.26. The zero-order valence-corrected chi connectivity index (χ0v) is 20.0. The molecule has 0 bridgehead atoms. The van der Waals surface area contributed by atoms with Gasteiger partial charge in [0.05, 0.1) is 46.0 Å². The highest BCUT2D eigenvalue weighted by Gasteiger charge is 2.16. The number of aromatic nitrogens is 2. The summed E-state index contributed by atoms with van der Waals surface area (Å²) in [6.45, 7) is 0. The summed E-state index contributed by atoms with van der Waals surface area (Å²) >= 11 is 0. The molecule has 0 unspecified atom stereocenters. The van der Waals surface area contributed by atoms with E-state index in [2.05, 4.69) is 24.3 Å². The third kappa shape index (κ3) is 5.51. The Morgan fingerprint density at radius 2 is 1.11 bits per heavy atom. The highest BCUT2D eigenvalue weighted by molar-refractivity contribution is 5.79. The van der Waals surface area contributed by atoms with Gasteiger partial charge in [0.25, 0.3) is 0 Å². The molecule has 0 aliphatic rings. The molecule has 5 aromatic rings. The predicted octanol–water partition coefficient (Wildman–Crippen LogP) is 7.32. The Labute approximate surface area is 216 Å². The maximum atomic E-state index is 9.26. The molecule has 4 heteroatoms. The molecule has 0 spiro atoms. The molecule has 1 heterocycles. The van der Waals surface area contributed by atoms with E-state index in [9.17, 15) is 10.5 Å². The average Bonchev–Trinajstić information content (AvgIpc) is 2.97. The SMILES string of the molecule is N#Cc1ccc(-c2nc(Cc3ccccc3)c(-c3ccc(C#N)cc3)nc2/C=C/c2ccccc2)cc1. The van der Waals surface area contributed by atoms with Crippen LogP contribution < -0.4 is 0 Å². The third-order valence-corrected chi connectivity index (χ3v) is 6.02. The van der Waals surface area contributed by atoms with Gasteiger partial charge in [0.2, 0.25) is 0 Å². The van der Waals surface area contributed by atoms with Gasteiger partial charge < -0.3 is 0 Å². The van der Waals surface area contributed by atoms with Gasteiger partial charge in [-0.3, -0.25) is 0 Å². The van der Waals surface area contributed by atoms with Crippen LogP contribution in [0.2, 0.25) is 0 Å². The van der Waals surface area contributed by atoms with Crippen molar-refractivity contribution in [2.75, 3.05) is 0 Å². The van der Waals surface area contributed by atoms with Gasteiger partial charge in [-0.05, 0) is 41.5 Å². The van der Waals surface area contributed by atoms with Crippen LogP contribution >= 0.6 is 0 Å². The maximum Gasteiger partial charge on any atom is 0.0991 e. The molecule has 174 valence electrons. The summed E-state index contributed by atoms with van der Waals surface area (Å²) in [6.07, 6.45) is 4.61. The minimum absolute atomic E-state index is 0.594. The Morgan fingerprint density at radius 1 is 0.568 bits per heavy atom. The van der Waals surface area contributed by atoms with E-state index in [1.165, 1.54) is 0 Å². The molecule has 37 heavy (non-hydrogen) atoms. The first-order valence-corrected chi connectivity index (χ1v) is 11.9. The molecule has 0 aliphatic heterocycles. The van der Waals surface area contributed by atoms with Crippen molar-refractivity contribution in [1.82, 2.24) is 9.97 Å². The van der Waals surface area contributed by atoms with Gasteiger partial charge in [-0.1, -0.05) is 91.0 Å². The summed E-state index contributed by atoms with van der Waals surface area (Å²) in [5, 5.41) is 18.5. The van der Waals surface area contributed by atoms with E-state index in [4.69, 9.17) is 9.97 Å². The van der Waals surface area contributed by atoms with Crippen LogP contribution in [0.25, 0.3) is 34.7 Å². The second kappa shape index (κ2) is 11.0. The van der Waals surface area contributed by atoms with Crippen LogP contribution in [-0.4, -0.2) is 9.97 Å². The second-order valence-electron chi connectivity index (χ2n) is 8.54. The normalized spacial score (nSPS) is 10.6. The first kappa shape index (κ1) is 23.4. The average molecular weight is 475 g/mol. The minimum Gasteiger partial charge on any atom is -0.248 e. The number of hydrogen-bond acceptors (Lipinski definition) is 4. The van der Waals surface area contributed by atoms with Crippen LogP contribution in [0.15, 0.2) is 109 Å². The molecule has 4 aromatic carbocycles. The molecule has 0 fully saturated rings. The Hall–Kier alpha value is -5.32. The molecule has 1 aromatic heterocycles. The maximum absolute atomic E-state index is 9.26. The topological polar surface area (TPSA) is 73.4 Å². The Morgan fingerprint density at radius 3 is 1.68 bits per heavy atom. The Bertz CT molecular complexity index is 1620. The molecular weight excluding hydrogens is 452 g/mol. The summed E-state index contributed by atoms with van der Waals surface area (Å²) in [4.78, 5) is 10.3. The van der Waals surface area contributed by atoms with Crippen molar-refractivity contribution in [3.05, 3.63) is 143 Å². The van der Waals surface area contributed by atoms with Gasteiger partial charge in [0, 0.05) is 17.5 Å². The zero-order valence-electron chi connectivity index (χ0n) is 20.0. The lowest BCUT2D eigenvalue weighted by Crippen LogP contribution is -2.04. The van der Waals surface area contributed by atoms with E-state index in [0.717, 1.165) is 45.0 Å². The van der Waals surface area contributed by atoms with E-state index >= 15 is 0 Å². The number of nitrogens with zero attached hydrogens (tertiary/aromatic N) is 4. The van der Waals surface area contributed by atoms with Crippen molar-refractivity contribution < 1.29 is 0 Å². The van der Waals surface area contributed by atoms with E-state index in [0.29, 0.717) is 17.5 Å². The first-order valence-electron chi connectivity index (χ1n) is 11.9. The summed E-state index contributed by atoms with van der Waals surface area (Å²) < 4.78 is 0. The van der Waals surface area contributed by atoms with E-state index in [-0.39, 0.29) is 0 Å². The fourth-order valence-electron chi connectivity index (χ4n) is 4.10. The van der Waals surface area contributed by atoms with E-state index < -0.39 is 0 Å². The second-order valence-corrected chi connectivity index (χ2v) is 8.54. The van der Waals surface area contributed by atoms with Crippen molar-refractivity contribution in [2.45, 2.75) is 6.42 Å². The highest BCUT2D eigenvalue weighted by Crippen LogP contribution is 2.30. The fraction of sp³-hybridized carbons (Fsp3) is 0.0303. The summed E-state index contributed by atoms with van der Waals surface area (Å²) in [5.74, 6) is 0. The van der Waals surface area contributed by atoms with Gasteiger partial charge in [-0.15, -0.1) is 0 Å². The Kier molecular flexibility index (Phi) is 6.93. The van der Waals surface area contributed by atoms with Crippen molar-refractivity contribution in [3.8, 4) is 34.7 Å². The first-order chi connectivity index (χ1) is 18.2. The van der Waals surface area contributed by atoms with E-state index in [1.807, 2.05) is 84.9 Å². The molecule has 5 rings (SSSR count). The summed E-state index contributed by atoms with van der Waals surface area (Å²) in [6, 6.07) is 39.5. The van der Waals surface area contributed by atoms with Gasteiger partial charge >= 0.3 is 0 Å². The quantitative estimate of drug-likeness (QED) is 0.258. The van der Waals surface area contributed by atoms with Gasteiger partial charge in [0.15, 0.2) is 0 Å². The largest absolute Gasteiger partial charge is 0.248 e. The van der Waals surface area contributed by atoms with Crippen LogP contribution in [-0.2, 0) is 6.42 Å². The van der Waals surface area contributed by atoms with Crippen LogP contribution in [0.3, 0.4) is 0 Å². The number of benzene rings is 4. The van der Waals surface area contributed by atoms with Crippen molar-refractivity contribution in [2.24, 2.45) is 0 Å². The lowest BCUT2D eigenvalue weighted by Gasteiger charge is -2.14. The molecule has 0 radical (unpaired) electrons. The molecule has 0 N–H and O–H groups in total. The van der Waals surface area contributed by atoms with Gasteiger partial charge in [-0.25, -0.2) is 9.97 Å². The zero-order chi connectivity index (χ0) is 25.5. The third-order valence-electron chi connectivity index (χ3n) is 6.02. The number of rotatable bonds is 6. The molecule has 0 atom stereocenters. The molecule has 0 amide bonds. The van der Waals surface area contributed by atoms with Crippen LogP contribution in [0, 0.1) is 22.7 Å². The lowest BCUT2D eigenvalue weighted by molar-refractivity contribution is 1.04. The molecule has 0 saturated heterocycles. The minimum atomic E-state index is 0.594. The predicted molar refractivity (Wildman–Crippen MR) is 147 cm³/mol. The Balaban J connectivity index is 1.70. The smallest absolute Gasteiger partial charge is 0.0991 e. The lowest BCUT2D eigenvalue weighted by atomic mass is 10.0. The fourth-order valence-corrected chi connectivity index (χ4v) is 4.10. The monoisotopic (exact) mass is 474 g/mol. The van der Waals surface area contributed by atoms with Gasteiger partial charge in [0.1, 0.15) is 0 Å². The molecule has 4 nitrogen and oxygen atoms in total. The molecular formula is C33H22N4. The highest BCUT2D eigenvalue weighted by atomic mass is 14.8. The summed E-state index contributed by atoms with van der Waals surface area (Å²) in [7, 11) is 0. The van der Waals surface area contributed by atoms with Crippen LogP contribution in [0.4, 0.5) is 0 Å². The van der Waals surface area contributed by atoms with Crippen LogP contribution in [0.5, 0.6) is 0 Å². The standard InChI is InChI=1S/C33H22N4/c34-22-26-11-16-28(17-12-26)32-30(20-15-24-7-3-1-4-8-24)36-33(29-18-13-27(23-35)14-19-29)31(37-32)21-25-9-5-2-6-10-25/h1-20H,21H2/b20-15+. The number of nitriles is 2. The van der Waals surface area contributed by atoms with Gasteiger partial charge in [-0.2, -0.15) is 10.5 Å².